The van der Waals surface area contributed by atoms with Gasteiger partial charge in [-0.15, -0.1) is 0 Å². The summed E-state index contributed by atoms with van der Waals surface area (Å²) in [5.41, 5.74) is 3.15. The standard InChI is InChI=1S/C18H22O2/c1-13-11-14(12-19)9-10-16(13)20-17-8-6-5-7-15(17)18(2,3)4/h5-11,19H,12H2,1-4H3. The predicted octanol–water partition coefficient (Wildman–Crippen LogP) is 4.58. The topological polar surface area (TPSA) is 29.5 Å². The predicted molar refractivity (Wildman–Crippen MR) is 82.3 cm³/mol. The van der Waals surface area contributed by atoms with E-state index in [0.29, 0.717) is 0 Å². The first kappa shape index (κ1) is 14.6. The molecule has 2 rings (SSSR count). The van der Waals surface area contributed by atoms with E-state index in [4.69, 9.17) is 9.84 Å². The van der Waals surface area contributed by atoms with Crippen molar-refractivity contribution >= 4 is 0 Å². The summed E-state index contributed by atoms with van der Waals surface area (Å²) in [7, 11) is 0. The lowest BCUT2D eigenvalue weighted by atomic mass is 9.86. The number of rotatable bonds is 3. The Morgan fingerprint density at radius 1 is 1.00 bits per heavy atom. The van der Waals surface area contributed by atoms with Crippen LogP contribution in [0.25, 0.3) is 0 Å². The maximum atomic E-state index is 9.15. The molecule has 0 amide bonds. The van der Waals surface area contributed by atoms with E-state index in [0.717, 1.165) is 22.6 Å². The van der Waals surface area contributed by atoms with Gasteiger partial charge >= 0.3 is 0 Å². The van der Waals surface area contributed by atoms with Gasteiger partial charge in [0, 0.05) is 5.56 Å². The lowest BCUT2D eigenvalue weighted by Crippen LogP contribution is -2.12. The van der Waals surface area contributed by atoms with Gasteiger partial charge in [-0.1, -0.05) is 51.1 Å². The van der Waals surface area contributed by atoms with Crippen LogP contribution in [0.15, 0.2) is 42.5 Å². The average Bonchev–Trinajstić information content (AvgIpc) is 2.40. The monoisotopic (exact) mass is 270 g/mol. The second-order valence-corrected chi connectivity index (χ2v) is 6.11. The average molecular weight is 270 g/mol. The highest BCUT2D eigenvalue weighted by Crippen LogP contribution is 2.35. The van der Waals surface area contributed by atoms with Crippen molar-refractivity contribution in [1.29, 1.82) is 0 Å². The minimum Gasteiger partial charge on any atom is -0.457 e. The van der Waals surface area contributed by atoms with Crippen LogP contribution in [0, 0.1) is 6.92 Å². The molecule has 0 bridgehead atoms. The van der Waals surface area contributed by atoms with Crippen molar-refractivity contribution < 1.29 is 9.84 Å². The van der Waals surface area contributed by atoms with Crippen molar-refractivity contribution in [3.8, 4) is 11.5 Å². The van der Waals surface area contributed by atoms with Crippen LogP contribution in [-0.4, -0.2) is 5.11 Å². The fraction of sp³-hybridized carbons (Fsp3) is 0.333. The lowest BCUT2D eigenvalue weighted by Gasteiger charge is -2.23. The van der Waals surface area contributed by atoms with E-state index in [1.807, 2.05) is 43.3 Å². The highest BCUT2D eigenvalue weighted by atomic mass is 16.5. The van der Waals surface area contributed by atoms with Gasteiger partial charge in [-0.2, -0.15) is 0 Å². The maximum absolute atomic E-state index is 9.15. The van der Waals surface area contributed by atoms with E-state index < -0.39 is 0 Å². The van der Waals surface area contributed by atoms with E-state index in [9.17, 15) is 0 Å². The second kappa shape index (κ2) is 5.68. The first-order valence-corrected chi connectivity index (χ1v) is 6.89. The number of para-hydroxylation sites is 1. The van der Waals surface area contributed by atoms with Crippen molar-refractivity contribution in [2.24, 2.45) is 0 Å². The van der Waals surface area contributed by atoms with Gasteiger partial charge in [0.1, 0.15) is 11.5 Å². The molecule has 0 saturated carbocycles. The van der Waals surface area contributed by atoms with Crippen LogP contribution in [-0.2, 0) is 12.0 Å². The second-order valence-electron chi connectivity index (χ2n) is 6.11. The van der Waals surface area contributed by atoms with Crippen LogP contribution < -0.4 is 4.74 Å². The van der Waals surface area contributed by atoms with Gasteiger partial charge in [-0.25, -0.2) is 0 Å². The minimum absolute atomic E-state index is 0.0372. The molecule has 0 unspecified atom stereocenters. The Labute approximate surface area is 121 Å². The molecule has 2 nitrogen and oxygen atoms in total. The molecule has 1 N–H and O–H groups in total. The first-order valence-electron chi connectivity index (χ1n) is 6.89. The molecule has 2 heteroatoms. The molecule has 20 heavy (non-hydrogen) atoms. The van der Waals surface area contributed by atoms with Crippen molar-refractivity contribution in [3.63, 3.8) is 0 Å². The number of ether oxygens (including phenoxy) is 1. The summed E-state index contributed by atoms with van der Waals surface area (Å²) in [6.07, 6.45) is 0. The van der Waals surface area contributed by atoms with Gasteiger partial charge < -0.3 is 9.84 Å². The number of hydrogen-bond acceptors (Lipinski definition) is 2. The summed E-state index contributed by atoms with van der Waals surface area (Å²) >= 11 is 0. The molecule has 0 atom stereocenters. The molecule has 0 heterocycles. The first-order chi connectivity index (χ1) is 9.41. The van der Waals surface area contributed by atoms with Crippen LogP contribution >= 0.6 is 0 Å². The summed E-state index contributed by atoms with van der Waals surface area (Å²) in [4.78, 5) is 0. The molecule has 2 aromatic rings. The Morgan fingerprint density at radius 2 is 1.70 bits per heavy atom. The number of aryl methyl sites for hydroxylation is 1. The Kier molecular flexibility index (Phi) is 4.15. The van der Waals surface area contributed by atoms with E-state index in [2.05, 4.69) is 26.8 Å². The third-order valence-corrected chi connectivity index (χ3v) is 3.34. The number of aliphatic hydroxyl groups is 1. The van der Waals surface area contributed by atoms with Crippen LogP contribution in [0.5, 0.6) is 11.5 Å². The Balaban J connectivity index is 2.36. The van der Waals surface area contributed by atoms with Crippen molar-refractivity contribution in [3.05, 3.63) is 59.2 Å². The van der Waals surface area contributed by atoms with Crippen molar-refractivity contribution in [2.45, 2.75) is 39.7 Å². The number of benzene rings is 2. The maximum Gasteiger partial charge on any atom is 0.131 e. The lowest BCUT2D eigenvalue weighted by molar-refractivity contribution is 0.281. The van der Waals surface area contributed by atoms with Gasteiger partial charge in [0.15, 0.2) is 0 Å². The third kappa shape index (κ3) is 3.20. The molecule has 0 fully saturated rings. The third-order valence-electron chi connectivity index (χ3n) is 3.34. The molecular weight excluding hydrogens is 248 g/mol. The van der Waals surface area contributed by atoms with E-state index >= 15 is 0 Å². The molecule has 0 spiro atoms. The molecule has 0 aliphatic carbocycles. The van der Waals surface area contributed by atoms with Gasteiger partial charge in [-0.3, -0.25) is 0 Å². The van der Waals surface area contributed by atoms with Crippen LogP contribution in [0.2, 0.25) is 0 Å². The highest BCUT2D eigenvalue weighted by molar-refractivity contribution is 5.44. The number of aliphatic hydroxyl groups excluding tert-OH is 1. The van der Waals surface area contributed by atoms with Gasteiger partial charge in [0.25, 0.3) is 0 Å². The molecule has 2 aromatic carbocycles. The summed E-state index contributed by atoms with van der Waals surface area (Å²) in [6.45, 7) is 8.58. The zero-order chi connectivity index (χ0) is 14.8. The molecule has 106 valence electrons. The molecule has 0 aliphatic rings. The summed E-state index contributed by atoms with van der Waals surface area (Å²) in [6, 6.07) is 13.9. The van der Waals surface area contributed by atoms with E-state index in [1.54, 1.807) is 0 Å². The van der Waals surface area contributed by atoms with Gasteiger partial charge in [-0.05, 0) is 35.6 Å². The van der Waals surface area contributed by atoms with Crippen LogP contribution in [0.3, 0.4) is 0 Å². The van der Waals surface area contributed by atoms with Crippen molar-refractivity contribution in [1.82, 2.24) is 0 Å². The molecule has 0 saturated heterocycles. The Bertz CT molecular complexity index is 595. The summed E-state index contributed by atoms with van der Waals surface area (Å²) in [5, 5.41) is 9.15. The fourth-order valence-corrected chi connectivity index (χ4v) is 2.22. The molecule has 0 aliphatic heterocycles. The quantitative estimate of drug-likeness (QED) is 0.884. The summed E-state index contributed by atoms with van der Waals surface area (Å²) in [5.74, 6) is 1.72. The summed E-state index contributed by atoms with van der Waals surface area (Å²) < 4.78 is 6.08. The zero-order valence-corrected chi connectivity index (χ0v) is 12.6. The Hall–Kier alpha value is -1.80. The van der Waals surface area contributed by atoms with E-state index in [-0.39, 0.29) is 12.0 Å². The van der Waals surface area contributed by atoms with E-state index in [1.165, 1.54) is 5.56 Å². The fourth-order valence-electron chi connectivity index (χ4n) is 2.22. The Morgan fingerprint density at radius 3 is 2.30 bits per heavy atom. The zero-order valence-electron chi connectivity index (χ0n) is 12.6. The molecule has 0 aromatic heterocycles. The minimum atomic E-state index is 0.0372. The molecule has 0 radical (unpaired) electrons. The highest BCUT2D eigenvalue weighted by Gasteiger charge is 2.19. The largest absolute Gasteiger partial charge is 0.457 e. The molecular formula is C18H22O2. The SMILES string of the molecule is Cc1cc(CO)ccc1Oc1ccccc1C(C)(C)C. The van der Waals surface area contributed by atoms with Crippen LogP contribution in [0.1, 0.15) is 37.5 Å². The van der Waals surface area contributed by atoms with Gasteiger partial charge in [0.05, 0.1) is 6.61 Å². The van der Waals surface area contributed by atoms with Crippen LogP contribution in [0.4, 0.5) is 0 Å². The number of hydrogen-bond donors (Lipinski definition) is 1. The van der Waals surface area contributed by atoms with Crippen molar-refractivity contribution in [2.75, 3.05) is 0 Å². The van der Waals surface area contributed by atoms with Gasteiger partial charge in [0.2, 0.25) is 0 Å². The normalized spacial score (nSPS) is 11.4. The smallest absolute Gasteiger partial charge is 0.131 e.